The van der Waals surface area contributed by atoms with E-state index in [4.69, 9.17) is 5.11 Å². The first-order valence-electron chi connectivity index (χ1n) is 8.89. The molecule has 0 spiro atoms. The van der Waals surface area contributed by atoms with Crippen LogP contribution in [0.1, 0.15) is 44.6 Å². The Morgan fingerprint density at radius 2 is 1.96 bits per heavy atom. The second kappa shape index (κ2) is 7.25. The summed E-state index contributed by atoms with van der Waals surface area (Å²) in [5, 5.41) is 8.96. The highest BCUT2D eigenvalue weighted by molar-refractivity contribution is 6.02. The van der Waals surface area contributed by atoms with Crippen molar-refractivity contribution in [1.29, 1.82) is 0 Å². The van der Waals surface area contributed by atoms with Crippen LogP contribution in [0.3, 0.4) is 0 Å². The van der Waals surface area contributed by atoms with Gasteiger partial charge in [0.15, 0.2) is 0 Å². The molecule has 1 saturated heterocycles. The van der Waals surface area contributed by atoms with Gasteiger partial charge in [0.2, 0.25) is 11.8 Å². The molecule has 25 heavy (non-hydrogen) atoms. The highest BCUT2D eigenvalue weighted by Gasteiger charge is 2.40. The van der Waals surface area contributed by atoms with Gasteiger partial charge in [0.25, 0.3) is 0 Å². The molecule has 3 rings (SSSR count). The summed E-state index contributed by atoms with van der Waals surface area (Å²) in [5.74, 6) is -1.03. The molecule has 0 bridgehead atoms. The minimum Gasteiger partial charge on any atom is -0.481 e. The number of carboxylic acid groups (broad SMARTS) is 1. The Hall–Kier alpha value is -2.37. The number of nitrogens with zero attached hydrogens (tertiary/aromatic N) is 2. The minimum absolute atomic E-state index is 0.0464. The Balaban J connectivity index is 1.81. The second-order valence-corrected chi connectivity index (χ2v) is 6.85. The molecule has 2 aliphatic rings. The molecule has 2 heterocycles. The van der Waals surface area contributed by atoms with Crippen LogP contribution in [0.5, 0.6) is 0 Å². The normalized spacial score (nSPS) is 22.6. The van der Waals surface area contributed by atoms with Gasteiger partial charge in [-0.05, 0) is 37.3 Å². The van der Waals surface area contributed by atoms with Gasteiger partial charge >= 0.3 is 5.97 Å². The van der Waals surface area contributed by atoms with E-state index < -0.39 is 12.0 Å². The van der Waals surface area contributed by atoms with E-state index >= 15 is 0 Å². The lowest BCUT2D eigenvalue weighted by atomic mass is 9.96. The van der Waals surface area contributed by atoms with Crippen LogP contribution in [0.4, 0.5) is 5.69 Å². The zero-order chi connectivity index (χ0) is 18.0. The average molecular weight is 344 g/mol. The maximum Gasteiger partial charge on any atom is 0.303 e. The summed E-state index contributed by atoms with van der Waals surface area (Å²) in [6, 6.07) is 7.06. The SMILES string of the molecule is CC(=O)N1c2ccccc2C[C@H]1C(=O)N1CCCCC1CCC(=O)O. The van der Waals surface area contributed by atoms with Crippen LogP contribution in [-0.2, 0) is 20.8 Å². The number of para-hydroxylation sites is 1. The molecule has 6 nitrogen and oxygen atoms in total. The van der Waals surface area contributed by atoms with Crippen LogP contribution in [-0.4, -0.2) is 46.4 Å². The molecule has 1 aromatic rings. The molecule has 2 aliphatic heterocycles. The van der Waals surface area contributed by atoms with Gasteiger partial charge in [0.05, 0.1) is 0 Å². The van der Waals surface area contributed by atoms with Crippen molar-refractivity contribution in [2.24, 2.45) is 0 Å². The molecular formula is C19H24N2O4. The van der Waals surface area contributed by atoms with Crippen molar-refractivity contribution < 1.29 is 19.5 Å². The van der Waals surface area contributed by atoms with Gasteiger partial charge in [-0.2, -0.15) is 0 Å². The first kappa shape index (κ1) is 17.5. The molecule has 1 N–H and O–H groups in total. The van der Waals surface area contributed by atoms with Crippen LogP contribution >= 0.6 is 0 Å². The number of hydrogen-bond acceptors (Lipinski definition) is 3. The van der Waals surface area contributed by atoms with Gasteiger partial charge in [0.1, 0.15) is 6.04 Å². The van der Waals surface area contributed by atoms with Gasteiger partial charge in [-0.25, -0.2) is 0 Å². The van der Waals surface area contributed by atoms with Gasteiger partial charge in [-0.3, -0.25) is 19.3 Å². The maximum atomic E-state index is 13.2. The Labute approximate surface area is 147 Å². The van der Waals surface area contributed by atoms with Crippen LogP contribution in [0.15, 0.2) is 24.3 Å². The summed E-state index contributed by atoms with van der Waals surface area (Å²) in [6.45, 7) is 2.13. The van der Waals surface area contributed by atoms with Crippen LogP contribution in [0.25, 0.3) is 0 Å². The van der Waals surface area contributed by atoms with E-state index in [9.17, 15) is 14.4 Å². The van der Waals surface area contributed by atoms with Crippen LogP contribution in [0, 0.1) is 0 Å². The molecule has 1 unspecified atom stereocenters. The standard InChI is InChI=1S/C19H24N2O4/c1-13(22)21-16-8-3-2-6-14(16)12-17(21)19(25)20-11-5-4-7-15(20)9-10-18(23)24/h2-3,6,8,15,17H,4-5,7,9-12H2,1H3,(H,23,24)/t15?,17-/m0/s1. The monoisotopic (exact) mass is 344 g/mol. The predicted octanol–water partition coefficient (Wildman–Crippen LogP) is 2.21. The number of likely N-dealkylation sites (tertiary alicyclic amines) is 1. The zero-order valence-electron chi connectivity index (χ0n) is 14.5. The Bertz CT molecular complexity index is 688. The largest absolute Gasteiger partial charge is 0.481 e. The maximum absolute atomic E-state index is 13.2. The molecule has 6 heteroatoms. The second-order valence-electron chi connectivity index (χ2n) is 6.85. The van der Waals surface area contributed by atoms with Crippen molar-refractivity contribution in [3.63, 3.8) is 0 Å². The number of carboxylic acids is 1. The molecular weight excluding hydrogens is 320 g/mol. The summed E-state index contributed by atoms with van der Waals surface area (Å²) in [6.07, 6.45) is 3.83. The third kappa shape index (κ3) is 3.52. The number of amides is 2. The van der Waals surface area contributed by atoms with Crippen molar-refractivity contribution in [2.45, 2.75) is 57.5 Å². The van der Waals surface area contributed by atoms with Gasteiger partial charge in [-0.15, -0.1) is 0 Å². The molecule has 2 amide bonds. The summed E-state index contributed by atoms with van der Waals surface area (Å²) in [4.78, 5) is 39.7. The lowest BCUT2D eigenvalue weighted by molar-refractivity contribution is -0.141. The number of rotatable bonds is 4. The fourth-order valence-corrected chi connectivity index (χ4v) is 4.05. The number of aliphatic carboxylic acids is 1. The number of fused-ring (bicyclic) bond motifs is 1. The van der Waals surface area contributed by atoms with E-state index in [1.165, 1.54) is 6.92 Å². The fraction of sp³-hybridized carbons (Fsp3) is 0.526. The molecule has 0 aliphatic carbocycles. The predicted molar refractivity (Wildman–Crippen MR) is 93.3 cm³/mol. The summed E-state index contributed by atoms with van der Waals surface area (Å²) in [5.41, 5.74) is 1.82. The Morgan fingerprint density at radius 1 is 1.20 bits per heavy atom. The summed E-state index contributed by atoms with van der Waals surface area (Å²) < 4.78 is 0. The number of piperidine rings is 1. The van der Waals surface area contributed by atoms with Crippen LogP contribution < -0.4 is 4.90 Å². The van der Waals surface area contributed by atoms with Crippen molar-refractivity contribution in [3.8, 4) is 0 Å². The smallest absolute Gasteiger partial charge is 0.303 e. The molecule has 0 saturated carbocycles. The number of anilines is 1. The first-order valence-corrected chi connectivity index (χ1v) is 8.89. The van der Waals surface area contributed by atoms with E-state index in [1.54, 1.807) is 4.90 Å². The number of carbonyl (C=O) groups excluding carboxylic acids is 2. The van der Waals surface area contributed by atoms with E-state index in [0.717, 1.165) is 30.5 Å². The number of hydrogen-bond donors (Lipinski definition) is 1. The third-order valence-corrected chi connectivity index (χ3v) is 5.20. The number of carbonyl (C=O) groups is 3. The average Bonchev–Trinajstić information content (AvgIpc) is 2.99. The minimum atomic E-state index is -0.836. The van der Waals surface area contributed by atoms with Crippen molar-refractivity contribution in [2.75, 3.05) is 11.4 Å². The zero-order valence-corrected chi connectivity index (χ0v) is 14.5. The topological polar surface area (TPSA) is 77.9 Å². The Kier molecular flexibility index (Phi) is 5.06. The van der Waals surface area contributed by atoms with Crippen molar-refractivity contribution in [3.05, 3.63) is 29.8 Å². The van der Waals surface area contributed by atoms with Crippen molar-refractivity contribution in [1.82, 2.24) is 4.90 Å². The fourth-order valence-electron chi connectivity index (χ4n) is 4.05. The molecule has 0 aromatic heterocycles. The lowest BCUT2D eigenvalue weighted by Gasteiger charge is -2.38. The highest BCUT2D eigenvalue weighted by Crippen LogP contribution is 2.34. The van der Waals surface area contributed by atoms with Gasteiger partial charge in [-0.1, -0.05) is 18.2 Å². The van der Waals surface area contributed by atoms with Gasteiger partial charge < -0.3 is 10.0 Å². The molecule has 0 radical (unpaired) electrons. The van der Waals surface area contributed by atoms with Crippen molar-refractivity contribution >= 4 is 23.5 Å². The van der Waals surface area contributed by atoms with Gasteiger partial charge in [0, 0.05) is 38.0 Å². The lowest BCUT2D eigenvalue weighted by Crippen LogP contribution is -2.53. The third-order valence-electron chi connectivity index (χ3n) is 5.20. The van der Waals surface area contributed by atoms with E-state index in [2.05, 4.69) is 0 Å². The highest BCUT2D eigenvalue weighted by atomic mass is 16.4. The van der Waals surface area contributed by atoms with E-state index in [1.807, 2.05) is 29.2 Å². The van der Waals surface area contributed by atoms with Crippen LogP contribution in [0.2, 0.25) is 0 Å². The summed E-state index contributed by atoms with van der Waals surface area (Å²) in [7, 11) is 0. The quantitative estimate of drug-likeness (QED) is 0.908. The molecule has 1 aromatic carbocycles. The van der Waals surface area contributed by atoms with E-state index in [0.29, 0.717) is 19.4 Å². The molecule has 2 atom stereocenters. The summed E-state index contributed by atoms with van der Waals surface area (Å²) >= 11 is 0. The van der Waals surface area contributed by atoms with E-state index in [-0.39, 0.29) is 24.3 Å². The molecule has 134 valence electrons. The Morgan fingerprint density at radius 3 is 2.68 bits per heavy atom. The first-order chi connectivity index (χ1) is 12.0. The molecule has 1 fully saturated rings. The number of benzene rings is 1.